The molecule has 0 saturated heterocycles. The van der Waals surface area contributed by atoms with Gasteiger partial charge in [0.05, 0.1) is 17.9 Å². The van der Waals surface area contributed by atoms with E-state index in [9.17, 15) is 22.9 Å². The molecule has 312 valence electrons. The van der Waals surface area contributed by atoms with Gasteiger partial charge in [0, 0.05) is 6.42 Å². The highest BCUT2D eigenvalue weighted by molar-refractivity contribution is 7.85. The lowest BCUT2D eigenvalue weighted by Crippen LogP contribution is -2.46. The van der Waals surface area contributed by atoms with E-state index >= 15 is 0 Å². The van der Waals surface area contributed by atoms with E-state index in [2.05, 4.69) is 43.5 Å². The van der Waals surface area contributed by atoms with E-state index in [1.165, 1.54) is 173 Å². The van der Waals surface area contributed by atoms with Crippen molar-refractivity contribution in [3.8, 4) is 0 Å². The van der Waals surface area contributed by atoms with Crippen LogP contribution in [0.2, 0.25) is 0 Å². The number of aliphatic hydroxyl groups is 1. The molecule has 6 nitrogen and oxygen atoms in total. The van der Waals surface area contributed by atoms with Crippen molar-refractivity contribution < 1.29 is 22.9 Å². The zero-order valence-electron chi connectivity index (χ0n) is 34.9. The Labute approximate surface area is 329 Å². The Kier molecular flexibility index (Phi) is 39.1. The van der Waals surface area contributed by atoms with Crippen LogP contribution in [-0.4, -0.2) is 41.9 Å². The van der Waals surface area contributed by atoms with Gasteiger partial charge in [-0.15, -0.1) is 0 Å². The van der Waals surface area contributed by atoms with Crippen molar-refractivity contribution in [2.45, 2.75) is 244 Å². The summed E-state index contributed by atoms with van der Waals surface area (Å²) in [6.45, 7) is 4.54. The number of nitrogens with one attached hydrogen (secondary N) is 1. The summed E-state index contributed by atoms with van der Waals surface area (Å²) in [5.41, 5.74) is 0. The van der Waals surface area contributed by atoms with Crippen LogP contribution in [0.3, 0.4) is 0 Å². The van der Waals surface area contributed by atoms with Crippen LogP contribution in [0.5, 0.6) is 0 Å². The Hall–Kier alpha value is -1.44. The summed E-state index contributed by atoms with van der Waals surface area (Å²) in [6, 6.07) is -1.08. The molecular formula is C46H87NO5S. The van der Waals surface area contributed by atoms with E-state index in [4.69, 9.17) is 0 Å². The third-order valence-electron chi connectivity index (χ3n) is 10.3. The molecule has 0 bridgehead atoms. The van der Waals surface area contributed by atoms with Gasteiger partial charge in [-0.1, -0.05) is 217 Å². The molecule has 0 aliphatic carbocycles. The fraction of sp³-hybridized carbons (Fsp3) is 0.848. The van der Waals surface area contributed by atoms with Crippen LogP contribution in [0.1, 0.15) is 232 Å². The van der Waals surface area contributed by atoms with Crippen LogP contribution in [0.15, 0.2) is 36.5 Å². The van der Waals surface area contributed by atoms with E-state index in [0.717, 1.165) is 38.5 Å². The van der Waals surface area contributed by atoms with Crippen molar-refractivity contribution in [1.29, 1.82) is 0 Å². The highest BCUT2D eigenvalue weighted by Gasteiger charge is 2.24. The topological polar surface area (TPSA) is 104 Å². The highest BCUT2D eigenvalue weighted by atomic mass is 32.2. The summed E-state index contributed by atoms with van der Waals surface area (Å²) in [6.07, 6.45) is 52.8. The monoisotopic (exact) mass is 766 g/mol. The molecule has 0 aromatic rings. The molecule has 0 rings (SSSR count). The van der Waals surface area contributed by atoms with Crippen molar-refractivity contribution in [3.63, 3.8) is 0 Å². The molecule has 0 heterocycles. The zero-order chi connectivity index (χ0) is 38.9. The SMILES string of the molecule is CCCCCCCCCCCCC/C=C/CC/C=C/CC/C=C/C(O)C(CS(=O)(=O)O)NC(=O)CCCCCCCCCCCCCCCCCCC. The van der Waals surface area contributed by atoms with Gasteiger partial charge in [0.2, 0.25) is 5.91 Å². The molecule has 2 unspecified atom stereocenters. The molecule has 53 heavy (non-hydrogen) atoms. The molecular weight excluding hydrogens is 679 g/mol. The van der Waals surface area contributed by atoms with E-state index in [1.54, 1.807) is 0 Å². The molecule has 0 saturated carbocycles. The van der Waals surface area contributed by atoms with Gasteiger partial charge in [-0.3, -0.25) is 9.35 Å². The Bertz CT molecular complexity index is 976. The lowest BCUT2D eigenvalue weighted by molar-refractivity contribution is -0.122. The molecule has 1 amide bonds. The van der Waals surface area contributed by atoms with Crippen LogP contribution < -0.4 is 5.32 Å². The van der Waals surface area contributed by atoms with Gasteiger partial charge in [0.25, 0.3) is 10.1 Å². The minimum absolute atomic E-state index is 0.288. The van der Waals surface area contributed by atoms with Crippen LogP contribution in [0, 0.1) is 0 Å². The van der Waals surface area contributed by atoms with Crippen LogP contribution in [0.25, 0.3) is 0 Å². The maximum Gasteiger partial charge on any atom is 0.267 e. The number of unbranched alkanes of at least 4 members (excludes halogenated alkanes) is 29. The number of amides is 1. The van der Waals surface area contributed by atoms with Crippen LogP contribution in [-0.2, 0) is 14.9 Å². The van der Waals surface area contributed by atoms with Crippen molar-refractivity contribution in [2.24, 2.45) is 0 Å². The number of carbonyl (C=O) groups is 1. The number of aliphatic hydroxyl groups excluding tert-OH is 1. The third kappa shape index (κ3) is 41.6. The van der Waals surface area contributed by atoms with Gasteiger partial charge in [0.1, 0.15) is 0 Å². The minimum atomic E-state index is -4.36. The average molecular weight is 766 g/mol. The number of allylic oxidation sites excluding steroid dienone is 5. The molecule has 0 spiro atoms. The summed E-state index contributed by atoms with van der Waals surface area (Å²) in [7, 11) is -4.36. The first-order chi connectivity index (χ1) is 25.8. The lowest BCUT2D eigenvalue weighted by atomic mass is 10.0. The predicted molar refractivity (Wildman–Crippen MR) is 230 cm³/mol. The summed E-state index contributed by atoms with van der Waals surface area (Å²) in [4.78, 5) is 12.5. The average Bonchev–Trinajstić information content (AvgIpc) is 3.12. The van der Waals surface area contributed by atoms with Crippen molar-refractivity contribution >= 4 is 16.0 Å². The smallest absolute Gasteiger partial charge is 0.267 e. The zero-order valence-corrected chi connectivity index (χ0v) is 35.7. The first-order valence-corrected chi connectivity index (χ1v) is 24.3. The normalized spacial score (nSPS) is 13.5. The summed E-state index contributed by atoms with van der Waals surface area (Å²) in [5.74, 6) is -1.00. The van der Waals surface area contributed by atoms with E-state index in [0.29, 0.717) is 6.42 Å². The van der Waals surface area contributed by atoms with Crippen LogP contribution in [0.4, 0.5) is 0 Å². The number of rotatable bonds is 41. The van der Waals surface area contributed by atoms with Gasteiger partial charge in [0.15, 0.2) is 0 Å². The maximum absolute atomic E-state index is 12.5. The molecule has 0 aromatic carbocycles. The first-order valence-electron chi connectivity index (χ1n) is 22.7. The van der Waals surface area contributed by atoms with Gasteiger partial charge >= 0.3 is 0 Å². The predicted octanol–water partition coefficient (Wildman–Crippen LogP) is 13.7. The standard InChI is InChI=1S/C46H87NO5S/c1-3-5-7-9-11-13-15-17-19-21-22-23-24-26-27-29-31-33-35-37-39-41-45(48)44(43-53(50,51)52)47-46(49)42-40-38-36-34-32-30-28-25-20-18-16-14-12-10-8-6-4-2/h24,26,31,33,39,41,44-45,48H,3-23,25,27-30,32,34-38,40,42-43H2,1-2H3,(H,47,49)(H,50,51,52)/b26-24+,33-31+,41-39+. The first kappa shape index (κ1) is 51.6. The molecule has 2 atom stereocenters. The Morgan fingerprint density at radius 3 is 1.19 bits per heavy atom. The second-order valence-electron chi connectivity index (χ2n) is 15.7. The van der Waals surface area contributed by atoms with Crippen molar-refractivity contribution in [3.05, 3.63) is 36.5 Å². The van der Waals surface area contributed by atoms with E-state index < -0.39 is 28.0 Å². The summed E-state index contributed by atoms with van der Waals surface area (Å²) < 4.78 is 32.5. The van der Waals surface area contributed by atoms with Gasteiger partial charge < -0.3 is 10.4 Å². The fourth-order valence-corrected chi connectivity index (χ4v) is 7.63. The number of hydrogen-bond acceptors (Lipinski definition) is 4. The largest absolute Gasteiger partial charge is 0.387 e. The number of carbonyl (C=O) groups excluding carboxylic acids is 1. The lowest BCUT2D eigenvalue weighted by Gasteiger charge is -2.21. The van der Waals surface area contributed by atoms with Gasteiger partial charge in [-0.25, -0.2) is 0 Å². The molecule has 0 aliphatic rings. The second-order valence-corrected chi connectivity index (χ2v) is 17.2. The molecule has 0 fully saturated rings. The van der Waals surface area contributed by atoms with Crippen molar-refractivity contribution in [2.75, 3.05) is 5.75 Å². The molecule has 0 radical (unpaired) electrons. The number of hydrogen-bond donors (Lipinski definition) is 3. The maximum atomic E-state index is 12.5. The Balaban J connectivity index is 3.93. The highest BCUT2D eigenvalue weighted by Crippen LogP contribution is 2.15. The Morgan fingerprint density at radius 1 is 0.491 bits per heavy atom. The van der Waals surface area contributed by atoms with E-state index in [1.807, 2.05) is 6.08 Å². The molecule has 0 aliphatic heterocycles. The molecule has 0 aromatic heterocycles. The summed E-state index contributed by atoms with van der Waals surface area (Å²) in [5, 5.41) is 13.2. The molecule has 3 N–H and O–H groups in total. The molecule has 7 heteroatoms. The minimum Gasteiger partial charge on any atom is -0.387 e. The summed E-state index contributed by atoms with van der Waals surface area (Å²) >= 11 is 0. The van der Waals surface area contributed by atoms with Gasteiger partial charge in [-0.05, 0) is 44.9 Å². The van der Waals surface area contributed by atoms with Gasteiger partial charge in [-0.2, -0.15) is 8.42 Å². The van der Waals surface area contributed by atoms with E-state index in [-0.39, 0.29) is 12.3 Å². The quantitative estimate of drug-likeness (QED) is 0.0327. The van der Waals surface area contributed by atoms with Crippen molar-refractivity contribution in [1.82, 2.24) is 5.32 Å². The third-order valence-corrected chi connectivity index (χ3v) is 11.1. The Morgan fingerprint density at radius 2 is 0.811 bits per heavy atom. The second kappa shape index (κ2) is 40.2. The van der Waals surface area contributed by atoms with Crippen LogP contribution >= 0.6 is 0 Å². The fourth-order valence-electron chi connectivity index (χ4n) is 6.89.